The minimum absolute atomic E-state index is 0.694. The fourth-order valence-electron chi connectivity index (χ4n) is 0.616. The molecule has 0 atom stereocenters. The third kappa shape index (κ3) is 3.04. The van der Waals surface area contributed by atoms with Crippen molar-refractivity contribution in [2.24, 2.45) is 0 Å². The summed E-state index contributed by atoms with van der Waals surface area (Å²) in [6.07, 6.45) is 3.47. The molecular formula is C8H5Br2N. The number of halogens is 2. The molecule has 1 aromatic heterocycles. The van der Waals surface area contributed by atoms with Gasteiger partial charge in [0.1, 0.15) is 0 Å². The number of rotatable bonds is 0. The average Bonchev–Trinajstić information content (AvgIpc) is 2.01. The monoisotopic (exact) mass is 273 g/mol. The van der Waals surface area contributed by atoms with E-state index in [0.29, 0.717) is 5.33 Å². The SMILES string of the molecule is BrCC#Cc1cncc(Br)c1. The Morgan fingerprint density at radius 3 is 2.91 bits per heavy atom. The third-order valence-corrected chi connectivity index (χ3v) is 1.72. The minimum Gasteiger partial charge on any atom is -0.262 e. The first kappa shape index (κ1) is 8.76. The lowest BCUT2D eigenvalue weighted by molar-refractivity contribution is 1.29. The van der Waals surface area contributed by atoms with Gasteiger partial charge in [-0.2, -0.15) is 0 Å². The summed E-state index contributed by atoms with van der Waals surface area (Å²) in [6, 6.07) is 1.93. The van der Waals surface area contributed by atoms with Gasteiger partial charge in [-0.05, 0) is 22.0 Å². The lowest BCUT2D eigenvalue weighted by atomic mass is 10.3. The zero-order valence-electron chi connectivity index (χ0n) is 5.64. The average molecular weight is 275 g/mol. The third-order valence-electron chi connectivity index (χ3n) is 1.00. The summed E-state index contributed by atoms with van der Waals surface area (Å²) >= 11 is 6.53. The second kappa shape index (κ2) is 4.53. The van der Waals surface area contributed by atoms with Gasteiger partial charge in [-0.15, -0.1) is 0 Å². The molecule has 0 saturated carbocycles. The highest BCUT2D eigenvalue weighted by molar-refractivity contribution is 9.10. The first-order valence-corrected chi connectivity index (χ1v) is 4.90. The van der Waals surface area contributed by atoms with E-state index in [0.717, 1.165) is 10.0 Å². The molecule has 0 radical (unpaired) electrons. The van der Waals surface area contributed by atoms with Gasteiger partial charge in [0.25, 0.3) is 0 Å². The van der Waals surface area contributed by atoms with Crippen LogP contribution in [-0.4, -0.2) is 10.3 Å². The maximum Gasteiger partial charge on any atom is 0.0649 e. The molecule has 56 valence electrons. The van der Waals surface area contributed by atoms with Crippen LogP contribution >= 0.6 is 31.9 Å². The van der Waals surface area contributed by atoms with Crippen LogP contribution in [0.4, 0.5) is 0 Å². The van der Waals surface area contributed by atoms with Gasteiger partial charge >= 0.3 is 0 Å². The number of hydrogen-bond acceptors (Lipinski definition) is 1. The van der Waals surface area contributed by atoms with Gasteiger partial charge in [-0.25, -0.2) is 0 Å². The largest absolute Gasteiger partial charge is 0.262 e. The predicted molar refractivity (Wildman–Crippen MR) is 52.6 cm³/mol. The molecule has 0 amide bonds. The normalized spacial score (nSPS) is 8.55. The Hall–Kier alpha value is -0.330. The summed E-state index contributed by atoms with van der Waals surface area (Å²) in [5.74, 6) is 5.84. The van der Waals surface area contributed by atoms with Gasteiger partial charge in [0.2, 0.25) is 0 Å². The highest BCUT2D eigenvalue weighted by atomic mass is 79.9. The van der Waals surface area contributed by atoms with E-state index >= 15 is 0 Å². The van der Waals surface area contributed by atoms with E-state index in [1.54, 1.807) is 12.4 Å². The fourth-order valence-corrected chi connectivity index (χ4v) is 1.12. The number of alkyl halides is 1. The van der Waals surface area contributed by atoms with Gasteiger partial charge in [-0.1, -0.05) is 27.8 Å². The van der Waals surface area contributed by atoms with Gasteiger partial charge in [0.05, 0.1) is 5.33 Å². The van der Waals surface area contributed by atoms with Crippen molar-refractivity contribution in [3.8, 4) is 11.8 Å². The quantitative estimate of drug-likeness (QED) is 0.524. The summed E-state index contributed by atoms with van der Waals surface area (Å²) in [4.78, 5) is 3.97. The van der Waals surface area contributed by atoms with E-state index in [-0.39, 0.29) is 0 Å². The summed E-state index contributed by atoms with van der Waals surface area (Å²) in [6.45, 7) is 0. The van der Waals surface area contributed by atoms with Crippen molar-refractivity contribution >= 4 is 31.9 Å². The van der Waals surface area contributed by atoms with Crippen LogP contribution in [0.15, 0.2) is 22.9 Å². The van der Waals surface area contributed by atoms with Crippen molar-refractivity contribution in [1.82, 2.24) is 4.98 Å². The van der Waals surface area contributed by atoms with Crippen LogP contribution in [-0.2, 0) is 0 Å². The van der Waals surface area contributed by atoms with Crippen molar-refractivity contribution in [3.05, 3.63) is 28.5 Å². The van der Waals surface area contributed by atoms with Crippen molar-refractivity contribution < 1.29 is 0 Å². The second-order valence-corrected chi connectivity index (χ2v) is 3.30. The fraction of sp³-hybridized carbons (Fsp3) is 0.125. The van der Waals surface area contributed by atoms with E-state index in [1.165, 1.54) is 0 Å². The van der Waals surface area contributed by atoms with Crippen LogP contribution in [0, 0.1) is 11.8 Å². The molecular weight excluding hydrogens is 270 g/mol. The van der Waals surface area contributed by atoms with Crippen LogP contribution in [0.3, 0.4) is 0 Å². The minimum atomic E-state index is 0.694. The van der Waals surface area contributed by atoms with Crippen LogP contribution in [0.1, 0.15) is 5.56 Å². The molecule has 0 bridgehead atoms. The van der Waals surface area contributed by atoms with Crippen molar-refractivity contribution in [2.45, 2.75) is 0 Å². The summed E-state index contributed by atoms with van der Waals surface area (Å²) < 4.78 is 0.957. The van der Waals surface area contributed by atoms with Crippen molar-refractivity contribution in [2.75, 3.05) is 5.33 Å². The van der Waals surface area contributed by atoms with Gasteiger partial charge in [0, 0.05) is 22.4 Å². The molecule has 0 unspecified atom stereocenters. The lowest BCUT2D eigenvalue weighted by Gasteiger charge is -1.88. The van der Waals surface area contributed by atoms with E-state index in [2.05, 4.69) is 48.7 Å². The molecule has 0 aliphatic rings. The number of aromatic nitrogens is 1. The lowest BCUT2D eigenvalue weighted by Crippen LogP contribution is -1.77. The predicted octanol–water partition coefficient (Wildman–Crippen LogP) is 2.59. The van der Waals surface area contributed by atoms with Crippen molar-refractivity contribution in [3.63, 3.8) is 0 Å². The molecule has 0 spiro atoms. The van der Waals surface area contributed by atoms with Crippen LogP contribution in [0.2, 0.25) is 0 Å². The van der Waals surface area contributed by atoms with Crippen LogP contribution in [0.25, 0.3) is 0 Å². The van der Waals surface area contributed by atoms with Gasteiger partial charge in [-0.3, -0.25) is 4.98 Å². The molecule has 1 rings (SSSR count). The first-order valence-electron chi connectivity index (χ1n) is 2.98. The molecule has 0 aromatic carbocycles. The highest BCUT2D eigenvalue weighted by Gasteiger charge is 1.87. The molecule has 1 nitrogen and oxygen atoms in total. The molecule has 0 aliphatic heterocycles. The van der Waals surface area contributed by atoms with E-state index in [9.17, 15) is 0 Å². The Kier molecular flexibility index (Phi) is 3.61. The van der Waals surface area contributed by atoms with Crippen LogP contribution < -0.4 is 0 Å². The van der Waals surface area contributed by atoms with E-state index < -0.39 is 0 Å². The molecule has 1 heterocycles. The zero-order valence-corrected chi connectivity index (χ0v) is 8.81. The van der Waals surface area contributed by atoms with Crippen molar-refractivity contribution in [1.29, 1.82) is 0 Å². The molecule has 11 heavy (non-hydrogen) atoms. The van der Waals surface area contributed by atoms with Gasteiger partial charge < -0.3 is 0 Å². The maximum absolute atomic E-state index is 3.97. The molecule has 0 saturated heterocycles. The molecule has 1 aromatic rings. The number of pyridine rings is 1. The Balaban J connectivity index is 2.87. The standard InChI is InChI=1S/C8H5Br2N/c9-3-1-2-7-4-8(10)6-11-5-7/h4-6H,3H2. The summed E-state index contributed by atoms with van der Waals surface area (Å²) in [5.41, 5.74) is 0.929. The Morgan fingerprint density at radius 2 is 2.27 bits per heavy atom. The highest BCUT2D eigenvalue weighted by Crippen LogP contribution is 2.08. The van der Waals surface area contributed by atoms with E-state index in [1.807, 2.05) is 6.07 Å². The van der Waals surface area contributed by atoms with E-state index in [4.69, 9.17) is 0 Å². The molecule has 0 fully saturated rings. The Labute approximate surface area is 82.5 Å². The van der Waals surface area contributed by atoms with Gasteiger partial charge in [0.15, 0.2) is 0 Å². The summed E-state index contributed by atoms with van der Waals surface area (Å²) in [7, 11) is 0. The number of nitrogens with zero attached hydrogens (tertiary/aromatic N) is 1. The molecule has 0 N–H and O–H groups in total. The first-order chi connectivity index (χ1) is 5.33. The smallest absolute Gasteiger partial charge is 0.0649 e. The maximum atomic E-state index is 3.97. The summed E-state index contributed by atoms with van der Waals surface area (Å²) in [5, 5.41) is 0.694. The topological polar surface area (TPSA) is 12.9 Å². The zero-order chi connectivity index (χ0) is 8.10. The van der Waals surface area contributed by atoms with Crippen LogP contribution in [0.5, 0.6) is 0 Å². The number of hydrogen-bond donors (Lipinski definition) is 0. The Morgan fingerprint density at radius 1 is 1.45 bits per heavy atom. The second-order valence-electron chi connectivity index (χ2n) is 1.83. The Bertz CT molecular complexity index is 298. The molecule has 0 aliphatic carbocycles. The molecule has 3 heteroatoms.